The lowest BCUT2D eigenvalue weighted by Gasteiger charge is -2.48. The molecule has 0 amide bonds. The van der Waals surface area contributed by atoms with E-state index in [1.165, 1.54) is 66.8 Å². The molecular formula is C50H37BO3. The zero-order valence-corrected chi connectivity index (χ0v) is 30.7. The third-order valence-electron chi connectivity index (χ3n) is 13.6. The van der Waals surface area contributed by atoms with Gasteiger partial charge in [-0.2, -0.15) is 0 Å². The molecule has 7 aromatic carbocycles. The molecule has 4 aliphatic rings. The number of furan rings is 1. The van der Waals surface area contributed by atoms with Crippen molar-refractivity contribution in [2.24, 2.45) is 0 Å². The van der Waals surface area contributed by atoms with E-state index in [0.717, 1.165) is 27.4 Å². The summed E-state index contributed by atoms with van der Waals surface area (Å²) in [5.74, 6) is 0. The number of benzene rings is 7. The summed E-state index contributed by atoms with van der Waals surface area (Å²) in [6, 6.07) is 56.5. The number of rotatable bonds is 1. The molecule has 4 heteroatoms. The molecule has 0 bridgehead atoms. The van der Waals surface area contributed by atoms with Gasteiger partial charge >= 0.3 is 7.12 Å². The van der Waals surface area contributed by atoms with Crippen molar-refractivity contribution in [1.82, 2.24) is 0 Å². The first-order chi connectivity index (χ1) is 26.3. The highest BCUT2D eigenvalue weighted by Crippen LogP contribution is 2.68. The Morgan fingerprint density at radius 1 is 0.407 bits per heavy atom. The van der Waals surface area contributed by atoms with Crippen LogP contribution in [0.2, 0.25) is 0 Å². The largest absolute Gasteiger partial charge is 0.494 e. The molecule has 258 valence electrons. The highest BCUT2D eigenvalue weighted by Gasteiger charge is 2.60. The molecule has 0 N–H and O–H groups in total. The summed E-state index contributed by atoms with van der Waals surface area (Å²) < 4.78 is 20.0. The molecule has 2 spiro atoms. The summed E-state index contributed by atoms with van der Waals surface area (Å²) in [6.45, 7) is 8.51. The van der Waals surface area contributed by atoms with Gasteiger partial charge in [0.05, 0.1) is 22.0 Å². The molecule has 2 heterocycles. The van der Waals surface area contributed by atoms with Crippen LogP contribution in [0.1, 0.15) is 72.2 Å². The summed E-state index contributed by atoms with van der Waals surface area (Å²) in [5.41, 5.74) is 16.3. The lowest BCUT2D eigenvalue weighted by Crippen LogP contribution is -2.44. The first-order valence-corrected chi connectivity index (χ1v) is 19.1. The van der Waals surface area contributed by atoms with Gasteiger partial charge in [-0.15, -0.1) is 0 Å². The lowest BCUT2D eigenvalue weighted by molar-refractivity contribution is 0.00578. The minimum atomic E-state index is -0.637. The zero-order valence-electron chi connectivity index (χ0n) is 30.7. The van der Waals surface area contributed by atoms with Gasteiger partial charge in [-0.3, -0.25) is 0 Å². The molecule has 1 aromatic heterocycles. The minimum absolute atomic E-state index is 0.459. The second-order valence-corrected chi connectivity index (χ2v) is 16.5. The predicted molar refractivity (Wildman–Crippen MR) is 218 cm³/mol. The Bertz CT molecular complexity index is 2820. The molecule has 3 aliphatic carbocycles. The van der Waals surface area contributed by atoms with Crippen LogP contribution < -0.4 is 5.46 Å². The maximum absolute atomic E-state index is 6.73. The molecule has 1 fully saturated rings. The summed E-state index contributed by atoms with van der Waals surface area (Å²) in [7, 11) is -0.496. The number of para-hydroxylation sites is 1. The average Bonchev–Trinajstić information content (AvgIpc) is 3.87. The second kappa shape index (κ2) is 10.1. The van der Waals surface area contributed by atoms with Crippen LogP contribution in [0.4, 0.5) is 0 Å². The first kappa shape index (κ1) is 30.8. The maximum Gasteiger partial charge on any atom is 0.494 e. The SMILES string of the molecule is CC1(C)OB(c2ccc3c(c2)C2(c4ccccc4C4(c5ccccc5-c5ccccc54)c4ccccc42)c2ccc4oc5ccccc5c4c2-3)OC1(C)C. The fraction of sp³-hybridized carbons (Fsp3) is 0.160. The van der Waals surface area contributed by atoms with Crippen LogP contribution in [0.3, 0.4) is 0 Å². The quantitative estimate of drug-likeness (QED) is 0.160. The molecule has 12 rings (SSSR count). The van der Waals surface area contributed by atoms with Crippen LogP contribution in [0.25, 0.3) is 44.2 Å². The number of hydrogen-bond acceptors (Lipinski definition) is 3. The Kier molecular flexibility index (Phi) is 5.75. The van der Waals surface area contributed by atoms with Crippen molar-refractivity contribution in [2.75, 3.05) is 0 Å². The van der Waals surface area contributed by atoms with E-state index in [-0.39, 0.29) is 0 Å². The molecule has 1 saturated heterocycles. The fourth-order valence-corrected chi connectivity index (χ4v) is 10.7. The van der Waals surface area contributed by atoms with E-state index in [1.54, 1.807) is 0 Å². The van der Waals surface area contributed by atoms with Crippen LogP contribution in [0.5, 0.6) is 0 Å². The summed E-state index contributed by atoms with van der Waals surface area (Å²) >= 11 is 0. The topological polar surface area (TPSA) is 31.6 Å². The Labute approximate surface area is 315 Å². The zero-order chi connectivity index (χ0) is 36.2. The summed E-state index contributed by atoms with van der Waals surface area (Å²) in [6.07, 6.45) is 0. The van der Waals surface area contributed by atoms with Gasteiger partial charge in [-0.1, -0.05) is 140 Å². The standard InChI is InChI=1S/C50H37BO3/c1-47(2)48(3,4)54-51(53-47)30-25-26-33-42(29-30)50(41-27-28-44-46(45(33)41)34-17-7-14-24-43(34)52-44)39-22-12-10-20-37(39)49(38-21-11-13-23-40(38)50)35-18-8-5-15-31(35)32-16-6-9-19-36(32)49/h5-29H,1-4H3. The first-order valence-electron chi connectivity index (χ1n) is 19.1. The second-order valence-electron chi connectivity index (χ2n) is 16.5. The highest BCUT2D eigenvalue weighted by atomic mass is 16.7. The van der Waals surface area contributed by atoms with Gasteiger partial charge < -0.3 is 13.7 Å². The fourth-order valence-electron chi connectivity index (χ4n) is 10.7. The van der Waals surface area contributed by atoms with Crippen molar-refractivity contribution >= 4 is 34.5 Å². The minimum Gasteiger partial charge on any atom is -0.456 e. The molecule has 0 atom stereocenters. The van der Waals surface area contributed by atoms with Gasteiger partial charge in [0.15, 0.2) is 0 Å². The average molecular weight is 697 g/mol. The van der Waals surface area contributed by atoms with E-state index in [1.807, 2.05) is 0 Å². The van der Waals surface area contributed by atoms with E-state index in [9.17, 15) is 0 Å². The third kappa shape index (κ3) is 3.44. The summed E-state index contributed by atoms with van der Waals surface area (Å²) in [4.78, 5) is 0. The predicted octanol–water partition coefficient (Wildman–Crippen LogP) is 10.9. The van der Waals surface area contributed by atoms with Gasteiger partial charge in [0, 0.05) is 10.8 Å². The van der Waals surface area contributed by atoms with E-state index in [4.69, 9.17) is 13.7 Å². The van der Waals surface area contributed by atoms with Crippen LogP contribution in [-0.4, -0.2) is 18.3 Å². The summed E-state index contributed by atoms with van der Waals surface area (Å²) in [5, 5.41) is 2.30. The normalized spacial score (nSPS) is 18.4. The van der Waals surface area contributed by atoms with Crippen molar-refractivity contribution in [3.8, 4) is 22.3 Å². The number of hydrogen-bond donors (Lipinski definition) is 0. The van der Waals surface area contributed by atoms with Crippen molar-refractivity contribution < 1.29 is 13.7 Å². The maximum atomic E-state index is 6.73. The molecule has 0 radical (unpaired) electrons. The van der Waals surface area contributed by atoms with E-state index >= 15 is 0 Å². The van der Waals surface area contributed by atoms with Gasteiger partial charge in [-0.05, 0) is 112 Å². The van der Waals surface area contributed by atoms with Gasteiger partial charge in [0.2, 0.25) is 0 Å². The van der Waals surface area contributed by atoms with Gasteiger partial charge in [-0.25, -0.2) is 0 Å². The molecule has 1 aliphatic heterocycles. The Hall–Kier alpha value is -5.68. The molecule has 54 heavy (non-hydrogen) atoms. The molecule has 0 unspecified atom stereocenters. The van der Waals surface area contributed by atoms with Crippen LogP contribution in [0, 0.1) is 0 Å². The number of fused-ring (bicyclic) bond motifs is 20. The monoisotopic (exact) mass is 696 g/mol. The molecule has 0 saturated carbocycles. The van der Waals surface area contributed by atoms with Gasteiger partial charge in [0.25, 0.3) is 0 Å². The Balaban J connectivity index is 1.25. The molecular weight excluding hydrogens is 659 g/mol. The Morgan fingerprint density at radius 3 is 1.50 bits per heavy atom. The van der Waals surface area contributed by atoms with Crippen LogP contribution in [-0.2, 0) is 20.1 Å². The molecule has 8 aromatic rings. The van der Waals surface area contributed by atoms with Crippen LogP contribution >= 0.6 is 0 Å². The van der Waals surface area contributed by atoms with Crippen molar-refractivity contribution in [3.63, 3.8) is 0 Å². The van der Waals surface area contributed by atoms with Crippen molar-refractivity contribution in [1.29, 1.82) is 0 Å². The van der Waals surface area contributed by atoms with Gasteiger partial charge in [0.1, 0.15) is 11.2 Å². The van der Waals surface area contributed by atoms with Crippen molar-refractivity contribution in [3.05, 3.63) is 196 Å². The lowest BCUT2D eigenvalue weighted by atomic mass is 9.52. The van der Waals surface area contributed by atoms with Crippen LogP contribution in [0.15, 0.2) is 156 Å². The van der Waals surface area contributed by atoms with E-state index < -0.39 is 29.2 Å². The highest BCUT2D eigenvalue weighted by molar-refractivity contribution is 6.62. The van der Waals surface area contributed by atoms with Crippen molar-refractivity contribution in [2.45, 2.75) is 49.7 Å². The third-order valence-corrected chi connectivity index (χ3v) is 13.6. The molecule has 3 nitrogen and oxygen atoms in total. The smallest absolute Gasteiger partial charge is 0.456 e. The van der Waals surface area contributed by atoms with E-state index in [2.05, 4.69) is 179 Å². The van der Waals surface area contributed by atoms with E-state index in [0.29, 0.717) is 0 Å². The Morgan fingerprint density at radius 2 is 0.907 bits per heavy atom.